The molecule has 1 amide bonds. The Kier molecular flexibility index (Phi) is 3.69. The Balaban J connectivity index is 2.38. The quantitative estimate of drug-likeness (QED) is 0.548. The Morgan fingerprint density at radius 2 is 2.38 bits per heavy atom. The predicted molar refractivity (Wildman–Crippen MR) is 52.3 cm³/mol. The van der Waals surface area contributed by atoms with E-state index in [2.05, 4.69) is 17.6 Å². The third kappa shape index (κ3) is 2.97. The monoisotopic (exact) mass is 185 g/mol. The van der Waals surface area contributed by atoms with Gasteiger partial charge in [-0.3, -0.25) is 4.79 Å². The highest BCUT2D eigenvalue weighted by Crippen LogP contribution is 2.07. The summed E-state index contributed by atoms with van der Waals surface area (Å²) in [6.45, 7) is 4.84. The van der Waals surface area contributed by atoms with Crippen LogP contribution in [-0.4, -0.2) is 30.6 Å². The Morgan fingerprint density at radius 1 is 1.69 bits per heavy atom. The Hall–Kier alpha value is -0.610. The van der Waals surface area contributed by atoms with Gasteiger partial charge in [-0.2, -0.15) is 0 Å². The summed E-state index contributed by atoms with van der Waals surface area (Å²) in [5, 5.41) is 6.26. The SMILES string of the molecule is CC1NCCCC1NC(=O)[C@H](C)N. The smallest absolute Gasteiger partial charge is 0.236 e. The van der Waals surface area contributed by atoms with Gasteiger partial charge in [0.2, 0.25) is 5.91 Å². The maximum absolute atomic E-state index is 11.3. The molecular formula is C9H19N3O. The zero-order valence-electron chi connectivity index (χ0n) is 8.34. The lowest BCUT2D eigenvalue weighted by atomic mass is 9.99. The minimum absolute atomic E-state index is 0.0550. The highest BCUT2D eigenvalue weighted by Gasteiger charge is 2.22. The van der Waals surface area contributed by atoms with Crippen LogP contribution in [0.4, 0.5) is 0 Å². The lowest BCUT2D eigenvalue weighted by Gasteiger charge is -2.31. The van der Waals surface area contributed by atoms with Crippen molar-refractivity contribution in [3.63, 3.8) is 0 Å². The van der Waals surface area contributed by atoms with E-state index < -0.39 is 6.04 Å². The average Bonchev–Trinajstić information content (AvgIpc) is 2.08. The molecule has 1 fully saturated rings. The summed E-state index contributed by atoms with van der Waals surface area (Å²) in [4.78, 5) is 11.3. The summed E-state index contributed by atoms with van der Waals surface area (Å²) < 4.78 is 0. The van der Waals surface area contributed by atoms with Crippen molar-refractivity contribution in [2.45, 2.75) is 44.8 Å². The first kappa shape index (κ1) is 10.5. The van der Waals surface area contributed by atoms with Crippen molar-refractivity contribution in [3.05, 3.63) is 0 Å². The van der Waals surface area contributed by atoms with Crippen LogP contribution < -0.4 is 16.4 Å². The molecule has 0 saturated carbocycles. The van der Waals surface area contributed by atoms with Crippen molar-refractivity contribution in [1.29, 1.82) is 0 Å². The lowest BCUT2D eigenvalue weighted by molar-refractivity contribution is -0.123. The van der Waals surface area contributed by atoms with Crippen molar-refractivity contribution in [2.24, 2.45) is 5.73 Å². The number of carbonyl (C=O) groups is 1. The van der Waals surface area contributed by atoms with E-state index in [0.717, 1.165) is 19.4 Å². The molecule has 76 valence electrons. The van der Waals surface area contributed by atoms with Crippen LogP contribution in [0.3, 0.4) is 0 Å². The number of hydrogen-bond donors (Lipinski definition) is 3. The first-order valence-corrected chi connectivity index (χ1v) is 4.90. The summed E-state index contributed by atoms with van der Waals surface area (Å²) in [7, 11) is 0. The minimum atomic E-state index is -0.408. The second kappa shape index (κ2) is 4.58. The number of rotatable bonds is 2. The molecule has 1 aliphatic heterocycles. The van der Waals surface area contributed by atoms with Gasteiger partial charge < -0.3 is 16.4 Å². The summed E-state index contributed by atoms with van der Waals surface area (Å²) >= 11 is 0. The third-order valence-electron chi connectivity index (χ3n) is 2.50. The maximum Gasteiger partial charge on any atom is 0.236 e. The summed E-state index contributed by atoms with van der Waals surface area (Å²) in [6, 6.07) is 0.192. The fourth-order valence-corrected chi connectivity index (χ4v) is 1.56. The van der Waals surface area contributed by atoms with Gasteiger partial charge in [-0.05, 0) is 33.2 Å². The first-order chi connectivity index (χ1) is 6.11. The number of amides is 1. The van der Waals surface area contributed by atoms with Gasteiger partial charge in [-0.15, -0.1) is 0 Å². The van der Waals surface area contributed by atoms with E-state index in [1.54, 1.807) is 6.92 Å². The van der Waals surface area contributed by atoms with Gasteiger partial charge in [0.15, 0.2) is 0 Å². The zero-order valence-corrected chi connectivity index (χ0v) is 8.34. The van der Waals surface area contributed by atoms with Crippen molar-refractivity contribution in [1.82, 2.24) is 10.6 Å². The van der Waals surface area contributed by atoms with E-state index in [-0.39, 0.29) is 11.9 Å². The standard InChI is InChI=1S/C9H19N3O/c1-6(10)9(13)12-8-4-3-5-11-7(8)2/h6-8,11H,3-5,10H2,1-2H3,(H,12,13)/t6-,7?,8?/m0/s1. The Labute approximate surface area is 79.3 Å². The lowest BCUT2D eigenvalue weighted by Crippen LogP contribution is -2.54. The van der Waals surface area contributed by atoms with Crippen LogP contribution in [0.25, 0.3) is 0 Å². The molecule has 0 bridgehead atoms. The second-order valence-corrected chi connectivity index (χ2v) is 3.79. The molecule has 0 spiro atoms. The fourth-order valence-electron chi connectivity index (χ4n) is 1.56. The fraction of sp³-hybridized carbons (Fsp3) is 0.889. The molecule has 0 radical (unpaired) electrons. The number of carbonyl (C=O) groups excluding carboxylic acids is 1. The van der Waals surface area contributed by atoms with E-state index >= 15 is 0 Å². The van der Waals surface area contributed by atoms with E-state index in [1.165, 1.54) is 0 Å². The molecule has 4 N–H and O–H groups in total. The average molecular weight is 185 g/mol. The van der Waals surface area contributed by atoms with Crippen LogP contribution >= 0.6 is 0 Å². The summed E-state index contributed by atoms with van der Waals surface area (Å²) in [6.07, 6.45) is 2.17. The molecule has 1 aliphatic rings. The number of nitrogens with two attached hydrogens (primary N) is 1. The molecule has 0 aliphatic carbocycles. The van der Waals surface area contributed by atoms with Crippen LogP contribution in [0.5, 0.6) is 0 Å². The largest absolute Gasteiger partial charge is 0.350 e. The molecule has 1 rings (SSSR count). The van der Waals surface area contributed by atoms with Crippen LogP contribution in [0.1, 0.15) is 26.7 Å². The molecule has 0 aromatic rings. The van der Waals surface area contributed by atoms with Gasteiger partial charge in [0.1, 0.15) is 0 Å². The molecular weight excluding hydrogens is 166 g/mol. The van der Waals surface area contributed by atoms with Crippen molar-refractivity contribution in [2.75, 3.05) is 6.54 Å². The second-order valence-electron chi connectivity index (χ2n) is 3.79. The van der Waals surface area contributed by atoms with Gasteiger partial charge >= 0.3 is 0 Å². The van der Waals surface area contributed by atoms with Crippen LogP contribution in [0.2, 0.25) is 0 Å². The van der Waals surface area contributed by atoms with Gasteiger partial charge in [0.05, 0.1) is 6.04 Å². The van der Waals surface area contributed by atoms with E-state index in [1.807, 2.05) is 0 Å². The van der Waals surface area contributed by atoms with Gasteiger partial charge in [-0.25, -0.2) is 0 Å². The van der Waals surface area contributed by atoms with Crippen LogP contribution in [0, 0.1) is 0 Å². The molecule has 2 unspecified atom stereocenters. The Morgan fingerprint density at radius 3 is 2.92 bits per heavy atom. The number of hydrogen-bond acceptors (Lipinski definition) is 3. The number of piperidine rings is 1. The normalized spacial score (nSPS) is 31.0. The zero-order chi connectivity index (χ0) is 9.84. The van der Waals surface area contributed by atoms with Crippen LogP contribution in [0.15, 0.2) is 0 Å². The van der Waals surface area contributed by atoms with Crippen molar-refractivity contribution < 1.29 is 4.79 Å². The molecule has 0 aromatic carbocycles. The molecule has 4 heteroatoms. The van der Waals surface area contributed by atoms with Crippen LogP contribution in [-0.2, 0) is 4.79 Å². The van der Waals surface area contributed by atoms with Gasteiger partial charge in [0.25, 0.3) is 0 Å². The van der Waals surface area contributed by atoms with E-state index in [0.29, 0.717) is 6.04 Å². The molecule has 1 heterocycles. The van der Waals surface area contributed by atoms with Gasteiger partial charge in [-0.1, -0.05) is 0 Å². The predicted octanol–water partition coefficient (Wildman–Crippen LogP) is -0.410. The van der Waals surface area contributed by atoms with Crippen molar-refractivity contribution >= 4 is 5.91 Å². The summed E-state index contributed by atoms with van der Waals surface area (Å²) in [5.74, 6) is -0.0550. The first-order valence-electron chi connectivity index (χ1n) is 4.90. The Bertz CT molecular complexity index is 182. The molecule has 1 saturated heterocycles. The van der Waals surface area contributed by atoms with E-state index in [4.69, 9.17) is 5.73 Å². The number of nitrogens with one attached hydrogen (secondary N) is 2. The van der Waals surface area contributed by atoms with Gasteiger partial charge in [0, 0.05) is 12.1 Å². The molecule has 3 atom stereocenters. The molecule has 0 aromatic heterocycles. The topological polar surface area (TPSA) is 67.1 Å². The molecule has 4 nitrogen and oxygen atoms in total. The van der Waals surface area contributed by atoms with Crippen molar-refractivity contribution in [3.8, 4) is 0 Å². The maximum atomic E-state index is 11.3. The minimum Gasteiger partial charge on any atom is -0.350 e. The highest BCUT2D eigenvalue weighted by molar-refractivity contribution is 5.81. The molecule has 13 heavy (non-hydrogen) atoms. The van der Waals surface area contributed by atoms with E-state index in [9.17, 15) is 4.79 Å². The summed E-state index contributed by atoms with van der Waals surface area (Å²) in [5.41, 5.74) is 5.47. The third-order valence-corrected chi connectivity index (χ3v) is 2.50. The highest BCUT2D eigenvalue weighted by atomic mass is 16.2.